The lowest BCUT2D eigenvalue weighted by Crippen LogP contribution is -2.50. The molecule has 5 nitrogen and oxygen atoms in total. The lowest BCUT2D eigenvalue weighted by atomic mass is 9.78. The molecule has 2 aromatic carbocycles. The number of carbonyl (C=O) groups excluding carboxylic acids is 1. The van der Waals surface area contributed by atoms with Crippen LogP contribution in [0.3, 0.4) is 0 Å². The molecule has 2 aliphatic heterocycles. The van der Waals surface area contributed by atoms with Gasteiger partial charge in [0.15, 0.2) is 18.4 Å². The fourth-order valence-electron chi connectivity index (χ4n) is 4.56. The van der Waals surface area contributed by atoms with E-state index in [1.807, 2.05) is 24.3 Å². The average Bonchev–Trinajstić information content (AvgIpc) is 3.03. The van der Waals surface area contributed by atoms with Crippen molar-refractivity contribution >= 4 is 29.0 Å². The van der Waals surface area contributed by atoms with Gasteiger partial charge in [-0.3, -0.25) is 4.79 Å². The zero-order valence-electron chi connectivity index (χ0n) is 16.3. The number of Topliss-reactive ketones (excluding diaryl/α,β-unsaturated/α-hetero) is 1. The van der Waals surface area contributed by atoms with Crippen molar-refractivity contribution in [2.24, 2.45) is 10.8 Å². The molecule has 3 aliphatic rings. The fourth-order valence-corrected chi connectivity index (χ4v) is 4.82. The molecule has 158 valence electrons. The van der Waals surface area contributed by atoms with E-state index in [0.29, 0.717) is 49.3 Å². The number of hydrogen-bond donors (Lipinski definition) is 0. The van der Waals surface area contributed by atoms with Gasteiger partial charge < -0.3 is 18.9 Å². The highest BCUT2D eigenvalue weighted by molar-refractivity contribution is 6.30. The first-order valence-corrected chi connectivity index (χ1v) is 10.8. The van der Waals surface area contributed by atoms with Crippen molar-refractivity contribution in [3.63, 3.8) is 0 Å². The summed E-state index contributed by atoms with van der Waals surface area (Å²) in [6, 6.07) is 14.7. The number of ether oxygens (including phenoxy) is 4. The van der Waals surface area contributed by atoms with Gasteiger partial charge in [0.05, 0.1) is 37.3 Å². The molecule has 0 N–H and O–H groups in total. The minimum Gasteiger partial charge on any atom is -0.347 e. The van der Waals surface area contributed by atoms with Crippen LogP contribution in [0.25, 0.3) is 0 Å². The van der Waals surface area contributed by atoms with E-state index >= 15 is 0 Å². The second-order valence-corrected chi connectivity index (χ2v) is 9.27. The summed E-state index contributed by atoms with van der Waals surface area (Å²) in [4.78, 5) is 13.5. The van der Waals surface area contributed by atoms with Crippen LogP contribution in [0.2, 0.25) is 10.0 Å². The number of ketones is 1. The van der Waals surface area contributed by atoms with Crippen LogP contribution in [0, 0.1) is 10.8 Å². The number of hydrogen-bond acceptors (Lipinski definition) is 5. The van der Waals surface area contributed by atoms with E-state index in [9.17, 15) is 4.79 Å². The van der Waals surface area contributed by atoms with Crippen LogP contribution >= 0.6 is 23.2 Å². The molecule has 3 fully saturated rings. The maximum absolute atomic E-state index is 13.5. The van der Waals surface area contributed by atoms with Gasteiger partial charge in [0.1, 0.15) is 0 Å². The number of carbonyl (C=O) groups is 1. The molecule has 0 radical (unpaired) electrons. The Morgan fingerprint density at radius 3 is 1.30 bits per heavy atom. The first kappa shape index (κ1) is 20.4. The molecule has 7 heteroatoms. The zero-order chi connectivity index (χ0) is 20.8. The van der Waals surface area contributed by atoms with Crippen molar-refractivity contribution < 1.29 is 23.7 Å². The Kier molecular flexibility index (Phi) is 5.38. The molecule has 5 rings (SSSR count). The zero-order valence-corrected chi connectivity index (χ0v) is 17.8. The molecule has 2 saturated heterocycles. The van der Waals surface area contributed by atoms with Crippen LogP contribution in [0.4, 0.5) is 0 Å². The van der Waals surface area contributed by atoms with Crippen molar-refractivity contribution in [1.82, 2.24) is 0 Å². The first-order chi connectivity index (χ1) is 14.5. The minimum absolute atomic E-state index is 0.124. The maximum Gasteiger partial charge on any atom is 0.183 e. The highest BCUT2D eigenvalue weighted by atomic mass is 35.5. The highest BCUT2D eigenvalue weighted by Crippen LogP contribution is 2.52. The third kappa shape index (κ3) is 3.58. The Labute approximate surface area is 185 Å². The van der Waals surface area contributed by atoms with Gasteiger partial charge in [-0.15, -0.1) is 0 Å². The number of benzene rings is 2. The molecular formula is C23H22Cl2O5. The smallest absolute Gasteiger partial charge is 0.183 e. The summed E-state index contributed by atoms with van der Waals surface area (Å²) in [5.41, 5.74) is 0.514. The maximum atomic E-state index is 13.5. The topological polar surface area (TPSA) is 54.0 Å². The van der Waals surface area contributed by atoms with Gasteiger partial charge in [-0.2, -0.15) is 0 Å². The Bertz CT molecular complexity index is 836. The Balaban J connectivity index is 1.23. The van der Waals surface area contributed by atoms with Gasteiger partial charge >= 0.3 is 0 Å². The van der Waals surface area contributed by atoms with Crippen molar-refractivity contribution in [1.29, 1.82) is 0 Å². The predicted octanol–water partition coefficient (Wildman–Crippen LogP) is 5.12. The molecule has 0 aromatic heterocycles. The summed E-state index contributed by atoms with van der Waals surface area (Å²) in [6.07, 6.45) is 0.449. The third-order valence-corrected chi connectivity index (χ3v) is 6.88. The van der Waals surface area contributed by atoms with E-state index in [0.717, 1.165) is 11.1 Å². The van der Waals surface area contributed by atoms with Crippen LogP contribution in [0.5, 0.6) is 0 Å². The summed E-state index contributed by atoms with van der Waals surface area (Å²) in [5, 5.41) is 1.32. The van der Waals surface area contributed by atoms with Gasteiger partial charge in [0, 0.05) is 21.2 Å². The van der Waals surface area contributed by atoms with E-state index in [1.54, 1.807) is 24.3 Å². The molecule has 30 heavy (non-hydrogen) atoms. The Morgan fingerprint density at radius 2 is 0.967 bits per heavy atom. The normalized spacial score (nSPS) is 34.0. The van der Waals surface area contributed by atoms with Crippen molar-refractivity contribution in [2.75, 3.05) is 26.4 Å². The molecule has 2 heterocycles. The predicted molar refractivity (Wildman–Crippen MR) is 111 cm³/mol. The highest BCUT2D eigenvalue weighted by Gasteiger charge is 2.60. The Morgan fingerprint density at radius 1 is 0.633 bits per heavy atom. The van der Waals surface area contributed by atoms with E-state index in [-0.39, 0.29) is 5.78 Å². The SMILES string of the molecule is O=C1C2(CCC13COC(c1ccc(Cl)cc1)OC3)COC(c1ccc(Cl)cc1)OC2. The monoisotopic (exact) mass is 448 g/mol. The average molecular weight is 449 g/mol. The molecule has 1 aliphatic carbocycles. The second-order valence-electron chi connectivity index (χ2n) is 8.40. The van der Waals surface area contributed by atoms with Gasteiger partial charge in [0.25, 0.3) is 0 Å². The quantitative estimate of drug-likeness (QED) is 0.637. The van der Waals surface area contributed by atoms with Crippen molar-refractivity contribution in [3.8, 4) is 0 Å². The van der Waals surface area contributed by atoms with Crippen LogP contribution in [0.1, 0.15) is 36.5 Å². The molecule has 0 amide bonds. The lowest BCUT2D eigenvalue weighted by Gasteiger charge is -2.40. The van der Waals surface area contributed by atoms with Crippen LogP contribution in [-0.2, 0) is 23.7 Å². The van der Waals surface area contributed by atoms with E-state index in [4.69, 9.17) is 42.1 Å². The molecule has 2 spiro atoms. The minimum atomic E-state index is -0.636. The fraction of sp³-hybridized carbons (Fsp3) is 0.435. The van der Waals surface area contributed by atoms with Crippen LogP contribution < -0.4 is 0 Å². The largest absolute Gasteiger partial charge is 0.347 e. The number of halogens is 2. The van der Waals surface area contributed by atoms with Crippen molar-refractivity contribution in [2.45, 2.75) is 25.4 Å². The van der Waals surface area contributed by atoms with E-state index in [1.165, 1.54) is 0 Å². The summed E-state index contributed by atoms with van der Waals surface area (Å²) >= 11 is 11.9. The molecule has 0 atom stereocenters. The van der Waals surface area contributed by atoms with Crippen LogP contribution in [0.15, 0.2) is 48.5 Å². The van der Waals surface area contributed by atoms with Gasteiger partial charge in [0.2, 0.25) is 0 Å². The molecule has 2 aromatic rings. The second kappa shape index (κ2) is 7.90. The Hall–Kier alpha value is -1.47. The summed E-state index contributed by atoms with van der Waals surface area (Å²) in [5.74, 6) is 0.124. The first-order valence-electron chi connectivity index (χ1n) is 10.0. The van der Waals surface area contributed by atoms with E-state index in [2.05, 4.69) is 0 Å². The van der Waals surface area contributed by atoms with Gasteiger partial charge in [-0.25, -0.2) is 0 Å². The third-order valence-electron chi connectivity index (χ3n) is 6.37. The summed E-state index contributed by atoms with van der Waals surface area (Å²) < 4.78 is 23.9. The van der Waals surface area contributed by atoms with Crippen molar-refractivity contribution in [3.05, 3.63) is 69.7 Å². The van der Waals surface area contributed by atoms with E-state index < -0.39 is 23.4 Å². The van der Waals surface area contributed by atoms with Gasteiger partial charge in [-0.05, 0) is 37.1 Å². The number of rotatable bonds is 2. The molecule has 0 unspecified atom stereocenters. The summed E-state index contributed by atoms with van der Waals surface area (Å²) in [7, 11) is 0. The molecular weight excluding hydrogens is 427 g/mol. The van der Waals surface area contributed by atoms with Gasteiger partial charge in [-0.1, -0.05) is 47.5 Å². The molecule has 1 saturated carbocycles. The summed E-state index contributed by atoms with van der Waals surface area (Å²) in [6.45, 7) is 1.34. The van der Waals surface area contributed by atoms with Crippen LogP contribution in [-0.4, -0.2) is 32.2 Å². The lowest BCUT2D eigenvalue weighted by molar-refractivity contribution is -0.240. The molecule has 0 bridgehead atoms. The standard InChI is InChI=1S/C23H22Cl2O5/c24-17-5-1-15(2-6-17)19-27-11-22(12-28-19)9-10-23(21(22)26)13-29-20(30-14-23)16-3-7-18(25)8-4-16/h1-8,19-20H,9-14H2.